The summed E-state index contributed by atoms with van der Waals surface area (Å²) in [6.45, 7) is 0.499. The molecule has 0 unspecified atom stereocenters. The van der Waals surface area contributed by atoms with Gasteiger partial charge in [-0.3, -0.25) is 0 Å². The molecule has 0 bridgehead atoms. The minimum Gasteiger partial charge on any atom is -0.508 e. The maximum absolute atomic E-state index is 9.13. The first-order valence-electron chi connectivity index (χ1n) is 3.59. The summed E-state index contributed by atoms with van der Waals surface area (Å²) in [5.41, 5.74) is 7.11. The molecular weight excluding hydrogens is 255 g/mol. The third kappa shape index (κ3) is 1.98. The number of hydrogen-bond donors (Lipinski definition) is 2. The Kier molecular flexibility index (Phi) is 2.88. The molecule has 0 fully saturated rings. The molecule has 69 valence electrons. The van der Waals surface area contributed by atoms with E-state index in [1.807, 2.05) is 0 Å². The minimum absolute atomic E-state index is 0. The Bertz CT molecular complexity index is 351. The van der Waals surface area contributed by atoms with Crippen LogP contribution in [0.1, 0.15) is 5.56 Å². The van der Waals surface area contributed by atoms with Crippen LogP contribution in [0.4, 0.5) is 5.69 Å². The Morgan fingerprint density at radius 2 is 2.23 bits per heavy atom. The molecule has 1 aliphatic heterocycles. The Morgan fingerprint density at radius 1 is 1.46 bits per heavy atom. The van der Waals surface area contributed by atoms with Crippen LogP contribution in [0.2, 0.25) is 0 Å². The number of aliphatic imine (C=N–C) groups is 1. The van der Waals surface area contributed by atoms with Gasteiger partial charge in [0.2, 0.25) is 0 Å². The van der Waals surface area contributed by atoms with E-state index in [0.717, 1.165) is 11.3 Å². The van der Waals surface area contributed by atoms with Crippen molar-refractivity contribution < 1.29 is 24.6 Å². The van der Waals surface area contributed by atoms with E-state index < -0.39 is 0 Å². The number of rotatable bonds is 0. The Labute approximate surface area is 88.6 Å². The maximum atomic E-state index is 9.13. The zero-order valence-electron chi connectivity index (χ0n) is 6.71. The predicted octanol–water partition coefficient (Wildman–Crippen LogP) is 1.22. The van der Waals surface area contributed by atoms with Crippen LogP contribution >= 0.6 is 0 Å². The normalized spacial score (nSPS) is 13.4. The molecule has 2 rings (SSSR count). The van der Waals surface area contributed by atoms with Gasteiger partial charge in [-0.15, -0.1) is 0 Å². The van der Waals surface area contributed by atoms with E-state index in [2.05, 4.69) is 10.3 Å². The molecule has 0 amide bonds. The molecule has 1 aromatic rings. The van der Waals surface area contributed by atoms with Crippen LogP contribution in [0, 0.1) is 0 Å². The van der Waals surface area contributed by atoms with Gasteiger partial charge < -0.3 is 21.1 Å². The van der Waals surface area contributed by atoms with Crippen molar-refractivity contribution in [1.29, 1.82) is 0 Å². The predicted molar refractivity (Wildman–Crippen MR) is 46.5 cm³/mol. The molecule has 3 N–H and O–H groups in total. The molecule has 1 aliphatic rings. The van der Waals surface area contributed by atoms with Crippen LogP contribution in [0.25, 0.3) is 5.32 Å². The largest absolute Gasteiger partial charge is 1.00 e. The van der Waals surface area contributed by atoms with Crippen LogP contribution in [-0.2, 0) is 26.0 Å². The van der Waals surface area contributed by atoms with Crippen molar-refractivity contribution in [1.82, 2.24) is 0 Å². The summed E-state index contributed by atoms with van der Waals surface area (Å²) in [5, 5.41) is 13.1. The average molecular weight is 263 g/mol. The van der Waals surface area contributed by atoms with Gasteiger partial charge in [0.15, 0.2) is 0 Å². The fourth-order valence-electron chi connectivity index (χ4n) is 1.13. The van der Waals surface area contributed by atoms with E-state index >= 15 is 0 Å². The van der Waals surface area contributed by atoms with Crippen LogP contribution < -0.4 is 5.73 Å². The van der Waals surface area contributed by atoms with Gasteiger partial charge in [-0.2, -0.15) is 0 Å². The number of guanidine groups is 1. The molecule has 13 heavy (non-hydrogen) atoms. The van der Waals surface area contributed by atoms with E-state index in [4.69, 9.17) is 10.8 Å². The molecule has 0 saturated heterocycles. The van der Waals surface area contributed by atoms with Crippen LogP contribution in [0.15, 0.2) is 23.2 Å². The fourth-order valence-corrected chi connectivity index (χ4v) is 1.13. The summed E-state index contributed by atoms with van der Waals surface area (Å²) in [6.07, 6.45) is 0. The molecule has 0 saturated carbocycles. The number of phenols is 1. The summed E-state index contributed by atoms with van der Waals surface area (Å²) >= 11 is 0. The Balaban J connectivity index is 0.000000845. The first-order chi connectivity index (χ1) is 5.75. The topological polar surface area (TPSA) is 72.7 Å². The molecule has 0 atom stereocenters. The summed E-state index contributed by atoms with van der Waals surface area (Å²) in [7, 11) is 0. The average Bonchev–Trinajstić information content (AvgIpc) is 2.05. The van der Waals surface area contributed by atoms with Gasteiger partial charge in [0.05, 0.1) is 0 Å². The van der Waals surface area contributed by atoms with Gasteiger partial charge in [0.1, 0.15) is 5.75 Å². The number of aromatic hydroxyl groups is 1. The molecular formula is C8H8N3ORu. The van der Waals surface area contributed by atoms with Gasteiger partial charge in [-0.25, -0.2) is 0 Å². The van der Waals surface area contributed by atoms with Crippen molar-refractivity contribution in [2.75, 3.05) is 0 Å². The van der Waals surface area contributed by atoms with Crippen molar-refractivity contribution in [3.05, 3.63) is 29.1 Å². The molecule has 4 nitrogen and oxygen atoms in total. The summed E-state index contributed by atoms with van der Waals surface area (Å²) in [5.74, 6) is 0.535. The van der Waals surface area contributed by atoms with Gasteiger partial charge in [0.25, 0.3) is 0 Å². The van der Waals surface area contributed by atoms with Gasteiger partial charge in [-0.1, -0.05) is 0 Å². The van der Waals surface area contributed by atoms with Crippen LogP contribution in [0.5, 0.6) is 5.75 Å². The Morgan fingerprint density at radius 3 is 3.00 bits per heavy atom. The summed E-state index contributed by atoms with van der Waals surface area (Å²) < 4.78 is 0. The van der Waals surface area contributed by atoms with E-state index in [1.54, 1.807) is 18.2 Å². The van der Waals surface area contributed by atoms with E-state index in [1.165, 1.54) is 0 Å². The summed E-state index contributed by atoms with van der Waals surface area (Å²) in [6, 6.07) is 4.96. The van der Waals surface area contributed by atoms with Crippen LogP contribution in [-0.4, -0.2) is 11.1 Å². The van der Waals surface area contributed by atoms with Crippen molar-refractivity contribution in [2.45, 2.75) is 6.54 Å². The van der Waals surface area contributed by atoms with Gasteiger partial charge in [0, 0.05) is 12.5 Å². The minimum atomic E-state index is 0. The molecule has 1 aromatic carbocycles. The van der Waals surface area contributed by atoms with Gasteiger partial charge >= 0.3 is 19.5 Å². The second-order valence-corrected chi connectivity index (χ2v) is 2.60. The molecule has 0 aliphatic carbocycles. The molecule has 5 heteroatoms. The number of fused-ring (bicyclic) bond motifs is 1. The van der Waals surface area contributed by atoms with E-state index in [9.17, 15) is 0 Å². The van der Waals surface area contributed by atoms with E-state index in [-0.39, 0.29) is 25.2 Å². The molecule has 1 heterocycles. The zero-order chi connectivity index (χ0) is 8.55. The number of hydrogen-bond acceptors (Lipinski definition) is 3. The van der Waals surface area contributed by atoms with Crippen molar-refractivity contribution in [2.24, 2.45) is 10.7 Å². The monoisotopic (exact) mass is 264 g/mol. The summed E-state index contributed by atoms with van der Waals surface area (Å²) in [4.78, 5) is 4.00. The molecule has 0 spiro atoms. The smallest absolute Gasteiger partial charge is 0.508 e. The van der Waals surface area contributed by atoms with Crippen LogP contribution in [0.3, 0.4) is 0 Å². The number of benzene rings is 1. The van der Waals surface area contributed by atoms with Crippen molar-refractivity contribution >= 4 is 11.6 Å². The number of phenolic OH excluding ortho intramolecular Hbond substituents is 1. The number of nitrogens with two attached hydrogens (primary N) is 1. The zero-order valence-corrected chi connectivity index (χ0v) is 8.45. The second kappa shape index (κ2) is 3.75. The third-order valence-electron chi connectivity index (χ3n) is 1.71. The second-order valence-electron chi connectivity index (χ2n) is 2.60. The molecule has 0 aromatic heterocycles. The van der Waals surface area contributed by atoms with E-state index in [0.29, 0.717) is 12.5 Å². The maximum Gasteiger partial charge on any atom is 1.00 e. The third-order valence-corrected chi connectivity index (χ3v) is 1.71. The molecule has 1 radical (unpaired) electrons. The van der Waals surface area contributed by atoms with Gasteiger partial charge in [-0.05, 0) is 29.4 Å². The van der Waals surface area contributed by atoms with Crippen molar-refractivity contribution in [3.8, 4) is 5.75 Å². The number of nitrogens with zero attached hydrogens (tertiary/aromatic N) is 2. The SMILES string of the molecule is NC1=Nc2ccc(O)cc2C[N-]1.[Ru+]. The van der Waals surface area contributed by atoms with Crippen molar-refractivity contribution in [3.63, 3.8) is 0 Å². The fraction of sp³-hybridized carbons (Fsp3) is 0.125. The standard InChI is InChI=1S/C8H8N3O.Ru/c9-8-10-4-5-3-6(12)1-2-7(5)11-8;/h1-3H,4H2,(H3-,9,10,11,12);/q-1;+1. The first-order valence-corrected chi connectivity index (χ1v) is 3.59. The first kappa shape index (κ1) is 10.00. The quantitative estimate of drug-likeness (QED) is 0.691. The Hall–Kier alpha value is -1.09.